The fraction of sp³-hybridized carbons (Fsp3) is 0.273. The molecule has 1 aromatic rings. The smallest absolute Gasteiger partial charge is 0.118 e. The second-order valence-electron chi connectivity index (χ2n) is 3.15. The molecule has 2 nitrogen and oxygen atoms in total. The Balaban J connectivity index is 2.17. The van der Waals surface area contributed by atoms with Gasteiger partial charge in [-0.15, -0.1) is 0 Å². The molecule has 13 heavy (non-hydrogen) atoms. The van der Waals surface area contributed by atoms with Crippen LogP contribution in [0.2, 0.25) is 0 Å². The topological polar surface area (TPSA) is 21.3 Å². The van der Waals surface area contributed by atoms with E-state index in [0.29, 0.717) is 5.92 Å². The predicted octanol–water partition coefficient (Wildman–Crippen LogP) is 1.90. The van der Waals surface area contributed by atoms with Gasteiger partial charge in [0.15, 0.2) is 0 Å². The van der Waals surface area contributed by atoms with Crippen molar-refractivity contribution in [1.82, 2.24) is 5.32 Å². The first-order chi connectivity index (χ1) is 6.40. The van der Waals surface area contributed by atoms with Crippen molar-refractivity contribution in [3.8, 4) is 5.75 Å². The number of nitrogens with one attached hydrogen (secondary N) is 1. The molecular formula is C11H13NO. The van der Waals surface area contributed by atoms with Crippen LogP contribution in [0.25, 0.3) is 0 Å². The van der Waals surface area contributed by atoms with Gasteiger partial charge in [-0.2, -0.15) is 0 Å². The van der Waals surface area contributed by atoms with E-state index in [-0.39, 0.29) is 0 Å². The zero-order valence-corrected chi connectivity index (χ0v) is 7.66. The highest BCUT2D eigenvalue weighted by Gasteiger charge is 2.10. The second kappa shape index (κ2) is 3.52. The van der Waals surface area contributed by atoms with E-state index in [0.717, 1.165) is 12.3 Å². The average Bonchev–Trinajstić information content (AvgIpc) is 2.71. The van der Waals surface area contributed by atoms with E-state index in [1.165, 1.54) is 5.56 Å². The van der Waals surface area contributed by atoms with Crippen LogP contribution in [0.1, 0.15) is 11.5 Å². The number of methoxy groups -OCH3 is 1. The average molecular weight is 175 g/mol. The molecule has 1 aliphatic heterocycles. The van der Waals surface area contributed by atoms with Crippen molar-refractivity contribution in [2.45, 2.75) is 5.92 Å². The van der Waals surface area contributed by atoms with Gasteiger partial charge in [0.05, 0.1) is 7.11 Å². The van der Waals surface area contributed by atoms with Gasteiger partial charge in [-0.05, 0) is 23.9 Å². The van der Waals surface area contributed by atoms with Crippen molar-refractivity contribution in [1.29, 1.82) is 0 Å². The summed E-state index contributed by atoms with van der Waals surface area (Å²) in [6.45, 7) is 1.01. The lowest BCUT2D eigenvalue weighted by atomic mass is 10.0. The Kier molecular flexibility index (Phi) is 2.21. The van der Waals surface area contributed by atoms with Crippen molar-refractivity contribution in [3.05, 3.63) is 42.1 Å². The minimum absolute atomic E-state index is 0.519. The molecular weight excluding hydrogens is 162 g/mol. The largest absolute Gasteiger partial charge is 0.497 e. The number of rotatable bonds is 2. The summed E-state index contributed by atoms with van der Waals surface area (Å²) < 4.78 is 5.10. The third-order valence-electron chi connectivity index (χ3n) is 2.33. The molecule has 2 heteroatoms. The fourth-order valence-corrected chi connectivity index (χ4v) is 1.53. The van der Waals surface area contributed by atoms with Crippen molar-refractivity contribution < 1.29 is 4.74 Å². The molecule has 68 valence electrons. The van der Waals surface area contributed by atoms with Crippen LogP contribution in [-0.2, 0) is 0 Å². The molecule has 0 saturated heterocycles. The monoisotopic (exact) mass is 175 g/mol. The zero-order chi connectivity index (χ0) is 9.10. The summed E-state index contributed by atoms with van der Waals surface area (Å²) >= 11 is 0. The van der Waals surface area contributed by atoms with E-state index in [9.17, 15) is 0 Å². The Morgan fingerprint density at radius 1 is 1.31 bits per heavy atom. The van der Waals surface area contributed by atoms with Crippen LogP contribution in [0.3, 0.4) is 0 Å². The quantitative estimate of drug-likeness (QED) is 0.741. The Labute approximate surface area is 78.2 Å². The van der Waals surface area contributed by atoms with Crippen molar-refractivity contribution in [2.24, 2.45) is 0 Å². The minimum Gasteiger partial charge on any atom is -0.497 e. The van der Waals surface area contributed by atoms with Gasteiger partial charge in [-0.25, -0.2) is 0 Å². The highest BCUT2D eigenvalue weighted by atomic mass is 16.5. The third kappa shape index (κ3) is 1.66. The molecule has 2 rings (SSSR count). The van der Waals surface area contributed by atoms with E-state index < -0.39 is 0 Å². The van der Waals surface area contributed by atoms with E-state index in [1.807, 2.05) is 18.3 Å². The van der Waals surface area contributed by atoms with Gasteiger partial charge in [0.25, 0.3) is 0 Å². The van der Waals surface area contributed by atoms with Gasteiger partial charge in [0.2, 0.25) is 0 Å². The van der Waals surface area contributed by atoms with Gasteiger partial charge in [0, 0.05) is 12.5 Å². The molecule has 1 heterocycles. The molecule has 1 aliphatic rings. The Morgan fingerprint density at radius 3 is 2.62 bits per heavy atom. The number of ether oxygens (including phenoxy) is 1. The summed E-state index contributed by atoms with van der Waals surface area (Å²) in [7, 11) is 1.69. The van der Waals surface area contributed by atoms with Crippen molar-refractivity contribution in [3.63, 3.8) is 0 Å². The van der Waals surface area contributed by atoms with Gasteiger partial charge in [-0.1, -0.05) is 18.2 Å². The second-order valence-corrected chi connectivity index (χ2v) is 3.15. The maximum atomic E-state index is 5.10. The number of hydrogen-bond donors (Lipinski definition) is 1. The van der Waals surface area contributed by atoms with E-state index in [2.05, 4.69) is 23.5 Å². The molecule has 0 saturated carbocycles. The lowest BCUT2D eigenvalue weighted by Gasteiger charge is -2.08. The van der Waals surface area contributed by atoms with Crippen LogP contribution in [0.15, 0.2) is 36.5 Å². The lowest BCUT2D eigenvalue weighted by Crippen LogP contribution is -2.06. The van der Waals surface area contributed by atoms with Crippen LogP contribution in [0.4, 0.5) is 0 Å². The highest BCUT2D eigenvalue weighted by Crippen LogP contribution is 2.21. The molecule has 0 amide bonds. The maximum Gasteiger partial charge on any atom is 0.118 e. The molecule has 0 aromatic heterocycles. The Hall–Kier alpha value is -1.44. The summed E-state index contributed by atoms with van der Waals surface area (Å²) in [6.07, 6.45) is 4.19. The van der Waals surface area contributed by atoms with Crippen LogP contribution < -0.4 is 10.1 Å². The fourth-order valence-electron chi connectivity index (χ4n) is 1.53. The summed E-state index contributed by atoms with van der Waals surface area (Å²) in [4.78, 5) is 0. The lowest BCUT2D eigenvalue weighted by molar-refractivity contribution is 0.414. The molecule has 0 spiro atoms. The maximum absolute atomic E-state index is 5.10. The summed E-state index contributed by atoms with van der Waals surface area (Å²) in [5.74, 6) is 1.43. The molecule has 1 aromatic carbocycles. The molecule has 1 atom stereocenters. The van der Waals surface area contributed by atoms with Gasteiger partial charge in [-0.3, -0.25) is 0 Å². The SMILES string of the molecule is COc1ccc(C2C=CNC2)cc1. The Morgan fingerprint density at radius 2 is 2.08 bits per heavy atom. The first-order valence-corrected chi connectivity index (χ1v) is 4.44. The van der Waals surface area contributed by atoms with Crippen LogP contribution in [-0.4, -0.2) is 13.7 Å². The first kappa shape index (κ1) is 8.17. The molecule has 0 aliphatic carbocycles. The number of hydrogen-bond acceptors (Lipinski definition) is 2. The van der Waals surface area contributed by atoms with Crippen LogP contribution in [0.5, 0.6) is 5.75 Å². The highest BCUT2D eigenvalue weighted by molar-refractivity contribution is 5.32. The molecule has 0 fully saturated rings. The Bertz CT molecular complexity index is 302. The summed E-state index contributed by atoms with van der Waals surface area (Å²) in [5.41, 5.74) is 1.34. The molecule has 0 radical (unpaired) electrons. The molecule has 0 bridgehead atoms. The number of benzene rings is 1. The third-order valence-corrected chi connectivity index (χ3v) is 2.33. The summed E-state index contributed by atoms with van der Waals surface area (Å²) in [5, 5.41) is 3.19. The van der Waals surface area contributed by atoms with Gasteiger partial charge in [0.1, 0.15) is 5.75 Å². The van der Waals surface area contributed by atoms with Crippen LogP contribution in [0, 0.1) is 0 Å². The summed E-state index contributed by atoms with van der Waals surface area (Å²) in [6, 6.07) is 8.23. The van der Waals surface area contributed by atoms with Crippen molar-refractivity contribution >= 4 is 0 Å². The zero-order valence-electron chi connectivity index (χ0n) is 7.66. The van der Waals surface area contributed by atoms with E-state index >= 15 is 0 Å². The van der Waals surface area contributed by atoms with Gasteiger partial charge < -0.3 is 10.1 Å². The normalized spacial score (nSPS) is 19.9. The van der Waals surface area contributed by atoms with Gasteiger partial charge >= 0.3 is 0 Å². The minimum atomic E-state index is 0.519. The van der Waals surface area contributed by atoms with E-state index in [1.54, 1.807) is 7.11 Å². The first-order valence-electron chi connectivity index (χ1n) is 4.44. The molecule has 1 N–H and O–H groups in total. The van der Waals surface area contributed by atoms with Crippen molar-refractivity contribution in [2.75, 3.05) is 13.7 Å². The van der Waals surface area contributed by atoms with Crippen LogP contribution >= 0.6 is 0 Å². The molecule has 1 unspecified atom stereocenters. The predicted molar refractivity (Wildman–Crippen MR) is 52.9 cm³/mol. The standard InChI is InChI=1S/C11H13NO/c1-13-11-4-2-9(3-5-11)10-6-7-12-8-10/h2-7,10,12H,8H2,1H3. The van der Waals surface area contributed by atoms with E-state index in [4.69, 9.17) is 4.74 Å².